The molecule has 0 aromatic rings. The van der Waals surface area contributed by atoms with Gasteiger partial charge in [0.25, 0.3) is 0 Å². The zero-order valence-corrected chi connectivity index (χ0v) is 10.1. The molecule has 1 N–H and O–H groups in total. The van der Waals surface area contributed by atoms with Gasteiger partial charge in [0.1, 0.15) is 11.2 Å². The Hall–Kier alpha value is -1.85. The molecule has 0 bridgehead atoms. The predicted octanol–water partition coefficient (Wildman–Crippen LogP) is 0.760. The number of carbonyl (C=O) groups excluding carboxylic acids is 3. The number of methoxy groups -OCH3 is 2. The summed E-state index contributed by atoms with van der Waals surface area (Å²) in [5.74, 6) is -2.56. The Morgan fingerprint density at radius 3 is 1.65 bits per heavy atom. The van der Waals surface area contributed by atoms with Gasteiger partial charge >= 0.3 is 11.9 Å². The van der Waals surface area contributed by atoms with Gasteiger partial charge in [0, 0.05) is 0 Å². The molecule has 17 heavy (non-hydrogen) atoms. The number of aliphatic hydroxyl groups is 1. The van der Waals surface area contributed by atoms with Crippen LogP contribution in [0.1, 0.15) is 19.8 Å². The molecule has 0 fully saturated rings. The summed E-state index contributed by atoms with van der Waals surface area (Å²) in [4.78, 5) is 34.0. The van der Waals surface area contributed by atoms with Gasteiger partial charge in [-0.2, -0.15) is 0 Å². The van der Waals surface area contributed by atoms with Gasteiger partial charge in [-0.3, -0.25) is 14.4 Å². The average Bonchev–Trinajstić information content (AvgIpc) is 2.26. The van der Waals surface area contributed by atoms with E-state index in [9.17, 15) is 19.5 Å². The van der Waals surface area contributed by atoms with Crippen LogP contribution in [0, 0.1) is 5.41 Å². The van der Waals surface area contributed by atoms with E-state index in [1.165, 1.54) is 0 Å². The highest BCUT2D eigenvalue weighted by Gasteiger charge is 2.44. The van der Waals surface area contributed by atoms with Gasteiger partial charge in [-0.25, -0.2) is 0 Å². The van der Waals surface area contributed by atoms with Crippen LogP contribution < -0.4 is 0 Å². The van der Waals surface area contributed by atoms with Crippen molar-refractivity contribution in [3.63, 3.8) is 0 Å². The molecule has 0 saturated carbocycles. The summed E-state index contributed by atoms with van der Waals surface area (Å²) < 4.78 is 8.85. The summed E-state index contributed by atoms with van der Waals surface area (Å²) >= 11 is 0. The van der Waals surface area contributed by atoms with Crippen LogP contribution in [0.15, 0.2) is 12.3 Å². The largest absolute Gasteiger partial charge is 0.512 e. The van der Waals surface area contributed by atoms with Crippen molar-refractivity contribution in [1.29, 1.82) is 0 Å². The highest BCUT2D eigenvalue weighted by Crippen LogP contribution is 2.35. The van der Waals surface area contributed by atoms with Gasteiger partial charge < -0.3 is 14.6 Å². The lowest BCUT2D eigenvalue weighted by Gasteiger charge is -2.27. The number of carbonyl (C=O) groups is 3. The summed E-state index contributed by atoms with van der Waals surface area (Å²) in [5, 5.41) is 9.49. The van der Waals surface area contributed by atoms with E-state index >= 15 is 0 Å². The van der Waals surface area contributed by atoms with E-state index in [1.54, 1.807) is 0 Å². The Balaban J connectivity index is 5.28. The first-order valence-corrected chi connectivity index (χ1v) is 4.83. The Morgan fingerprint density at radius 1 is 1.12 bits per heavy atom. The third kappa shape index (κ3) is 3.58. The highest BCUT2D eigenvalue weighted by atomic mass is 16.5. The summed E-state index contributed by atoms with van der Waals surface area (Å²) in [6.07, 6.45) is -0.910. The molecule has 6 heteroatoms. The van der Waals surface area contributed by atoms with Crippen LogP contribution in [0.5, 0.6) is 0 Å². The second kappa shape index (κ2) is 6.03. The minimum Gasteiger partial charge on any atom is -0.512 e. The lowest BCUT2D eigenvalue weighted by atomic mass is 9.76. The van der Waals surface area contributed by atoms with Gasteiger partial charge in [-0.15, -0.1) is 0 Å². The first kappa shape index (κ1) is 15.2. The summed E-state index contributed by atoms with van der Waals surface area (Å²) in [6.45, 7) is 4.40. The first-order chi connectivity index (χ1) is 7.80. The van der Waals surface area contributed by atoms with E-state index in [1.807, 2.05) is 0 Å². The van der Waals surface area contributed by atoms with Crippen molar-refractivity contribution < 1.29 is 29.0 Å². The fourth-order valence-electron chi connectivity index (χ4n) is 1.36. The third-order valence-electron chi connectivity index (χ3n) is 2.57. The van der Waals surface area contributed by atoms with E-state index in [0.29, 0.717) is 0 Å². The molecule has 0 atom stereocenters. The Bertz CT molecular complexity index is 310. The van der Waals surface area contributed by atoms with Gasteiger partial charge in [0.2, 0.25) is 0 Å². The monoisotopic (exact) mass is 244 g/mol. The Labute approximate surface area is 99.2 Å². The number of rotatable bonds is 6. The SMILES string of the molecule is C=C(O)C(CC(=O)OC)(CC(=O)OC)C(C)=O. The maximum Gasteiger partial charge on any atom is 0.307 e. The van der Waals surface area contributed by atoms with E-state index < -0.39 is 41.7 Å². The van der Waals surface area contributed by atoms with Crippen LogP contribution in [0.2, 0.25) is 0 Å². The number of aliphatic hydroxyl groups excluding tert-OH is 1. The quantitative estimate of drug-likeness (QED) is 0.548. The number of hydrogen-bond donors (Lipinski definition) is 1. The molecule has 96 valence electrons. The molecule has 0 aromatic carbocycles. The molecule has 0 unspecified atom stereocenters. The zero-order chi connectivity index (χ0) is 13.6. The number of hydrogen-bond acceptors (Lipinski definition) is 6. The number of esters is 2. The van der Waals surface area contributed by atoms with Crippen molar-refractivity contribution in [2.75, 3.05) is 14.2 Å². The smallest absolute Gasteiger partial charge is 0.307 e. The molecule has 0 aliphatic rings. The maximum absolute atomic E-state index is 11.6. The van der Waals surface area contributed by atoms with Gasteiger partial charge in [-0.05, 0) is 6.92 Å². The topological polar surface area (TPSA) is 89.9 Å². The van der Waals surface area contributed by atoms with Crippen LogP contribution in [0.4, 0.5) is 0 Å². The van der Waals surface area contributed by atoms with Crippen molar-refractivity contribution in [2.45, 2.75) is 19.8 Å². The molecule has 0 rings (SSSR count). The van der Waals surface area contributed by atoms with Crippen LogP contribution in [0.25, 0.3) is 0 Å². The van der Waals surface area contributed by atoms with E-state index in [-0.39, 0.29) is 0 Å². The van der Waals surface area contributed by atoms with E-state index in [4.69, 9.17) is 0 Å². The normalized spacial score (nSPS) is 10.5. The van der Waals surface area contributed by atoms with Crippen molar-refractivity contribution in [2.24, 2.45) is 5.41 Å². The molecule has 0 heterocycles. The first-order valence-electron chi connectivity index (χ1n) is 4.83. The maximum atomic E-state index is 11.6. The molecule has 0 amide bonds. The molecule has 0 spiro atoms. The van der Waals surface area contributed by atoms with Crippen LogP contribution in [0.3, 0.4) is 0 Å². The van der Waals surface area contributed by atoms with Crippen LogP contribution >= 0.6 is 0 Å². The predicted molar refractivity (Wildman–Crippen MR) is 58.1 cm³/mol. The van der Waals surface area contributed by atoms with E-state index in [0.717, 1.165) is 21.1 Å². The summed E-state index contributed by atoms with van der Waals surface area (Å²) in [7, 11) is 2.29. The molecule has 0 aromatic heterocycles. The Kier molecular flexibility index (Phi) is 5.37. The standard InChI is InChI=1S/C11H16O6/c1-7(12)11(8(2)13,5-9(14)16-3)6-10(15)17-4/h12H,1,5-6H2,2-4H3. The highest BCUT2D eigenvalue weighted by molar-refractivity contribution is 5.93. The Morgan fingerprint density at radius 2 is 1.47 bits per heavy atom. The fraction of sp³-hybridized carbons (Fsp3) is 0.545. The number of Topliss-reactive ketones (excluding diaryl/α,β-unsaturated/α-hetero) is 1. The number of allylic oxidation sites excluding steroid dienone is 1. The minimum atomic E-state index is -1.68. The van der Waals surface area contributed by atoms with E-state index in [2.05, 4.69) is 16.1 Å². The van der Waals surface area contributed by atoms with Gasteiger partial charge in [0.15, 0.2) is 0 Å². The molecule has 6 nitrogen and oxygen atoms in total. The molecule has 0 saturated heterocycles. The fourth-order valence-corrected chi connectivity index (χ4v) is 1.36. The third-order valence-corrected chi connectivity index (χ3v) is 2.57. The summed E-state index contributed by atoms with van der Waals surface area (Å²) in [6, 6.07) is 0. The van der Waals surface area contributed by atoms with Gasteiger partial charge in [-0.1, -0.05) is 6.58 Å². The zero-order valence-electron chi connectivity index (χ0n) is 10.1. The van der Waals surface area contributed by atoms with Crippen LogP contribution in [-0.2, 0) is 23.9 Å². The molecule has 0 radical (unpaired) electrons. The minimum absolute atomic E-state index is 0.455. The summed E-state index contributed by atoms with van der Waals surface area (Å²) in [5.41, 5.74) is -1.68. The molecular formula is C11H16O6. The average molecular weight is 244 g/mol. The van der Waals surface area contributed by atoms with Crippen molar-refractivity contribution in [3.05, 3.63) is 12.3 Å². The lowest BCUT2D eigenvalue weighted by Crippen LogP contribution is -2.37. The second-order valence-corrected chi connectivity index (χ2v) is 3.59. The number of ketones is 1. The lowest BCUT2D eigenvalue weighted by molar-refractivity contribution is -0.152. The van der Waals surface area contributed by atoms with Crippen LogP contribution in [-0.4, -0.2) is 37.0 Å². The second-order valence-electron chi connectivity index (χ2n) is 3.59. The number of ether oxygens (including phenoxy) is 2. The molecular weight excluding hydrogens is 228 g/mol. The molecule has 0 aliphatic carbocycles. The van der Waals surface area contributed by atoms with Crippen molar-refractivity contribution in [1.82, 2.24) is 0 Å². The van der Waals surface area contributed by atoms with Gasteiger partial charge in [0.05, 0.1) is 32.8 Å². The van der Waals surface area contributed by atoms with Crippen molar-refractivity contribution in [3.8, 4) is 0 Å². The van der Waals surface area contributed by atoms with Crippen molar-refractivity contribution >= 4 is 17.7 Å². The molecule has 0 aliphatic heterocycles.